The maximum absolute atomic E-state index is 10.2. The molecular weight excluding hydrogens is 334 g/mol. The summed E-state index contributed by atoms with van der Waals surface area (Å²) >= 11 is 0. The van der Waals surface area contributed by atoms with E-state index in [-0.39, 0.29) is 5.41 Å². The van der Waals surface area contributed by atoms with Gasteiger partial charge in [0.1, 0.15) is 5.75 Å². The summed E-state index contributed by atoms with van der Waals surface area (Å²) in [6, 6.07) is 12.4. The fourth-order valence-electron chi connectivity index (χ4n) is 5.74. The zero-order valence-corrected chi connectivity index (χ0v) is 16.4. The van der Waals surface area contributed by atoms with Crippen LogP contribution in [0.25, 0.3) is 0 Å². The number of rotatable bonds is 3. The second kappa shape index (κ2) is 6.66. The minimum absolute atomic E-state index is 0.156. The first kappa shape index (κ1) is 18.0. The average Bonchev–Trinajstić information content (AvgIpc) is 2.69. The van der Waals surface area contributed by atoms with Gasteiger partial charge in [-0.3, -0.25) is 0 Å². The monoisotopic (exact) mass is 365 g/mol. The fraction of sp³-hybridized carbons (Fsp3) is 0.478. The van der Waals surface area contributed by atoms with Crippen molar-refractivity contribution in [2.75, 3.05) is 23.4 Å². The van der Waals surface area contributed by atoms with Crippen molar-refractivity contribution in [2.45, 2.75) is 56.9 Å². The number of aromatic hydroxyl groups is 1. The summed E-state index contributed by atoms with van der Waals surface area (Å²) in [7, 11) is 2.19. The van der Waals surface area contributed by atoms with Gasteiger partial charge in [0.05, 0.1) is 11.4 Å². The van der Waals surface area contributed by atoms with Gasteiger partial charge in [-0.2, -0.15) is 0 Å². The Morgan fingerprint density at radius 2 is 1.93 bits per heavy atom. The maximum atomic E-state index is 10.2. The van der Waals surface area contributed by atoms with Crippen LogP contribution >= 0.6 is 0 Å². The van der Waals surface area contributed by atoms with Crippen LogP contribution in [0.1, 0.15) is 50.2 Å². The lowest BCUT2D eigenvalue weighted by Crippen LogP contribution is -2.54. The van der Waals surface area contributed by atoms with Gasteiger partial charge in [0.25, 0.3) is 0 Å². The van der Waals surface area contributed by atoms with Crippen molar-refractivity contribution in [1.82, 2.24) is 0 Å². The third-order valence-electron chi connectivity index (χ3n) is 7.23. The van der Waals surface area contributed by atoms with Crippen molar-refractivity contribution >= 4 is 17.1 Å². The van der Waals surface area contributed by atoms with E-state index in [0.717, 1.165) is 18.5 Å². The molecule has 0 unspecified atom stereocenters. The SMILES string of the molecule is CC[C@@]12CCCC[C@@H]1[C@@H](N(C)c1ccc(N)c(N)c1)Cc1ccc(O)cc12. The van der Waals surface area contributed by atoms with Gasteiger partial charge in [0.15, 0.2) is 0 Å². The molecule has 0 aromatic heterocycles. The summed E-state index contributed by atoms with van der Waals surface area (Å²) in [5.74, 6) is 0.971. The minimum atomic E-state index is 0.156. The second-order valence-electron chi connectivity index (χ2n) is 8.40. The molecule has 2 aliphatic carbocycles. The Bertz CT molecular complexity index is 850. The van der Waals surface area contributed by atoms with Gasteiger partial charge in [-0.15, -0.1) is 0 Å². The van der Waals surface area contributed by atoms with Gasteiger partial charge in [-0.25, -0.2) is 0 Å². The van der Waals surface area contributed by atoms with Gasteiger partial charge in [-0.05, 0) is 73.1 Å². The number of nitrogens with zero attached hydrogens (tertiary/aromatic N) is 1. The van der Waals surface area contributed by atoms with Crippen molar-refractivity contribution < 1.29 is 5.11 Å². The number of phenols is 1. The normalized spacial score (nSPS) is 26.9. The number of hydrogen-bond acceptors (Lipinski definition) is 4. The molecule has 144 valence electrons. The van der Waals surface area contributed by atoms with E-state index in [1.807, 2.05) is 24.3 Å². The number of hydrogen-bond donors (Lipinski definition) is 3. The highest BCUT2D eigenvalue weighted by Crippen LogP contribution is 2.54. The molecule has 4 heteroatoms. The molecule has 0 saturated heterocycles. The third kappa shape index (κ3) is 2.82. The van der Waals surface area contributed by atoms with E-state index in [1.54, 1.807) is 0 Å². The highest BCUT2D eigenvalue weighted by Gasteiger charge is 2.49. The van der Waals surface area contributed by atoms with Gasteiger partial charge < -0.3 is 21.5 Å². The van der Waals surface area contributed by atoms with Crippen molar-refractivity contribution in [3.63, 3.8) is 0 Å². The highest BCUT2D eigenvalue weighted by molar-refractivity contribution is 5.70. The summed E-state index contributed by atoms with van der Waals surface area (Å²) in [4.78, 5) is 2.41. The van der Waals surface area contributed by atoms with Gasteiger partial charge in [0, 0.05) is 24.2 Å². The standard InChI is InChI=1S/C23H31N3O/c1-3-23-11-5-4-6-18(23)22(12-15-7-9-17(27)14-19(15)23)26(2)16-8-10-20(24)21(25)13-16/h7-10,13-14,18,22,27H,3-6,11-12,24-25H2,1-2H3/t18-,22+,23-/m1/s1. The predicted octanol–water partition coefficient (Wildman–Crippen LogP) is 4.46. The zero-order valence-electron chi connectivity index (χ0n) is 16.4. The average molecular weight is 366 g/mol. The Morgan fingerprint density at radius 1 is 1.11 bits per heavy atom. The van der Waals surface area contributed by atoms with E-state index in [2.05, 4.69) is 31.0 Å². The first-order valence-corrected chi connectivity index (χ1v) is 10.2. The molecule has 4 rings (SSSR count). The Hall–Kier alpha value is -2.36. The van der Waals surface area contributed by atoms with Gasteiger partial charge >= 0.3 is 0 Å². The Balaban J connectivity index is 1.79. The minimum Gasteiger partial charge on any atom is -0.508 e. The molecule has 0 amide bonds. The molecule has 3 atom stereocenters. The van der Waals surface area contributed by atoms with E-state index in [9.17, 15) is 5.11 Å². The molecule has 27 heavy (non-hydrogen) atoms. The number of benzene rings is 2. The van der Waals surface area contributed by atoms with E-state index in [4.69, 9.17) is 11.5 Å². The lowest BCUT2D eigenvalue weighted by molar-refractivity contribution is 0.131. The first-order chi connectivity index (χ1) is 13.0. The molecule has 0 heterocycles. The number of anilines is 3. The molecule has 2 aromatic carbocycles. The van der Waals surface area contributed by atoms with Crippen molar-refractivity contribution in [3.05, 3.63) is 47.5 Å². The van der Waals surface area contributed by atoms with Crippen LogP contribution in [0.4, 0.5) is 17.1 Å². The van der Waals surface area contributed by atoms with Crippen LogP contribution in [-0.2, 0) is 11.8 Å². The van der Waals surface area contributed by atoms with Gasteiger partial charge in [-0.1, -0.05) is 25.8 Å². The van der Waals surface area contributed by atoms with Crippen molar-refractivity contribution in [1.29, 1.82) is 0 Å². The smallest absolute Gasteiger partial charge is 0.115 e. The molecule has 2 aromatic rings. The number of likely N-dealkylation sites (N-methyl/N-ethyl adjacent to an activating group) is 1. The molecule has 0 bridgehead atoms. The summed E-state index contributed by atoms with van der Waals surface area (Å²) in [5, 5.41) is 10.2. The Kier molecular flexibility index (Phi) is 4.45. The van der Waals surface area contributed by atoms with Crippen LogP contribution in [0.15, 0.2) is 36.4 Å². The number of fused-ring (bicyclic) bond motifs is 3. The molecule has 1 fully saturated rings. The number of phenolic OH excluding ortho intramolecular Hbond substituents is 1. The van der Waals surface area contributed by atoms with Crippen molar-refractivity contribution in [3.8, 4) is 5.75 Å². The van der Waals surface area contributed by atoms with E-state index >= 15 is 0 Å². The number of nitrogen functional groups attached to an aromatic ring is 2. The molecule has 0 radical (unpaired) electrons. The van der Waals surface area contributed by atoms with Crippen LogP contribution in [0.5, 0.6) is 5.75 Å². The lowest BCUT2D eigenvalue weighted by Gasteiger charge is -2.54. The topological polar surface area (TPSA) is 75.5 Å². The van der Waals surface area contributed by atoms with Crippen molar-refractivity contribution in [2.24, 2.45) is 5.92 Å². The summed E-state index contributed by atoms with van der Waals surface area (Å²) < 4.78 is 0. The maximum Gasteiger partial charge on any atom is 0.115 e. The van der Waals surface area contributed by atoms with Crippen LogP contribution < -0.4 is 16.4 Å². The summed E-state index contributed by atoms with van der Waals surface area (Å²) in [5.41, 5.74) is 17.3. The lowest BCUT2D eigenvalue weighted by atomic mass is 9.54. The largest absolute Gasteiger partial charge is 0.508 e. The molecule has 1 saturated carbocycles. The third-order valence-corrected chi connectivity index (χ3v) is 7.23. The van der Waals surface area contributed by atoms with Crippen LogP contribution in [-0.4, -0.2) is 18.2 Å². The quantitative estimate of drug-likeness (QED) is 0.702. The Labute approximate surface area is 162 Å². The highest BCUT2D eigenvalue weighted by atomic mass is 16.3. The van der Waals surface area contributed by atoms with E-state index < -0.39 is 0 Å². The van der Waals surface area contributed by atoms with Crippen LogP contribution in [0.3, 0.4) is 0 Å². The van der Waals surface area contributed by atoms with Crippen LogP contribution in [0.2, 0.25) is 0 Å². The first-order valence-electron chi connectivity index (χ1n) is 10.2. The molecule has 0 spiro atoms. The molecule has 0 aliphatic heterocycles. The van der Waals surface area contributed by atoms with E-state index in [0.29, 0.717) is 29.1 Å². The summed E-state index contributed by atoms with van der Waals surface area (Å²) in [6.07, 6.45) is 7.12. The second-order valence-corrected chi connectivity index (χ2v) is 8.40. The zero-order chi connectivity index (χ0) is 19.2. The predicted molar refractivity (Wildman–Crippen MR) is 113 cm³/mol. The fourth-order valence-corrected chi connectivity index (χ4v) is 5.74. The summed E-state index contributed by atoms with van der Waals surface area (Å²) in [6.45, 7) is 2.32. The molecule has 2 aliphatic rings. The Morgan fingerprint density at radius 3 is 2.67 bits per heavy atom. The van der Waals surface area contributed by atoms with E-state index in [1.165, 1.54) is 36.8 Å². The number of nitrogens with two attached hydrogens (primary N) is 2. The molecule has 4 nitrogen and oxygen atoms in total. The molecular formula is C23H31N3O. The van der Waals surface area contributed by atoms with Gasteiger partial charge in [0.2, 0.25) is 0 Å². The molecule has 5 N–H and O–H groups in total. The van der Waals surface area contributed by atoms with Crippen LogP contribution in [0, 0.1) is 5.92 Å².